The molecule has 1 aliphatic carbocycles. The maximum Gasteiger partial charge on any atom is 0.214 e. The van der Waals surface area contributed by atoms with Gasteiger partial charge < -0.3 is 5.32 Å². The van der Waals surface area contributed by atoms with Crippen molar-refractivity contribution in [2.45, 2.75) is 69.4 Å². The highest BCUT2D eigenvalue weighted by Crippen LogP contribution is 2.35. The average Bonchev–Trinajstić information content (AvgIpc) is 3.06. The highest BCUT2D eigenvalue weighted by atomic mass is 32.2. The van der Waals surface area contributed by atoms with Crippen molar-refractivity contribution in [2.75, 3.05) is 18.4 Å². The molecule has 0 bridgehead atoms. The fourth-order valence-electron chi connectivity index (χ4n) is 3.26. The highest BCUT2D eigenvalue weighted by Gasteiger charge is 2.32. The Kier molecular flexibility index (Phi) is 7.89. The van der Waals surface area contributed by atoms with E-state index < -0.39 is 30.5 Å². The standard InChI is InChI=1S/C19H33N3O4S2/c1-14(2)27(23,24)21-13-12-20-17-10-8-16(9-11-17)18-6-5-7-19(18)22-28(25,26)15(3)4/h8-11,14-15,18-22H,5-7,12-13H2,1-4H3/t18-,19-/m0/s1. The van der Waals surface area contributed by atoms with E-state index in [1.165, 1.54) is 0 Å². The number of rotatable bonds is 10. The molecule has 3 N–H and O–H groups in total. The van der Waals surface area contributed by atoms with E-state index in [1.54, 1.807) is 27.7 Å². The normalized spacial score (nSPS) is 20.8. The van der Waals surface area contributed by atoms with Crippen molar-refractivity contribution in [2.24, 2.45) is 0 Å². The van der Waals surface area contributed by atoms with Gasteiger partial charge in [0.05, 0.1) is 10.5 Å². The Hall–Kier alpha value is -1.16. The van der Waals surface area contributed by atoms with Crippen molar-refractivity contribution in [1.82, 2.24) is 9.44 Å². The first-order valence-electron chi connectivity index (χ1n) is 9.86. The molecule has 1 fully saturated rings. The summed E-state index contributed by atoms with van der Waals surface area (Å²) in [5.74, 6) is 0.181. The molecule has 0 aromatic heterocycles. The molecule has 0 heterocycles. The Morgan fingerprint density at radius 3 is 2.07 bits per heavy atom. The maximum atomic E-state index is 12.2. The second-order valence-corrected chi connectivity index (χ2v) is 12.5. The van der Waals surface area contributed by atoms with Gasteiger partial charge in [0, 0.05) is 30.7 Å². The largest absolute Gasteiger partial charge is 0.384 e. The number of anilines is 1. The molecule has 0 radical (unpaired) electrons. The summed E-state index contributed by atoms with van der Waals surface area (Å²) < 4.78 is 53.3. The molecule has 0 amide bonds. The van der Waals surface area contributed by atoms with Crippen molar-refractivity contribution in [1.29, 1.82) is 0 Å². The van der Waals surface area contributed by atoms with Gasteiger partial charge in [-0.15, -0.1) is 0 Å². The molecule has 0 spiro atoms. The van der Waals surface area contributed by atoms with Gasteiger partial charge >= 0.3 is 0 Å². The van der Waals surface area contributed by atoms with Crippen molar-refractivity contribution in [3.05, 3.63) is 29.8 Å². The third kappa shape index (κ3) is 6.17. The average molecular weight is 432 g/mol. The van der Waals surface area contributed by atoms with Gasteiger partial charge in [0.1, 0.15) is 0 Å². The summed E-state index contributed by atoms with van der Waals surface area (Å²) in [6.45, 7) is 7.48. The Balaban J connectivity index is 1.91. The van der Waals surface area contributed by atoms with Crippen LogP contribution >= 0.6 is 0 Å². The molecule has 1 aromatic rings. The number of benzene rings is 1. The summed E-state index contributed by atoms with van der Waals surface area (Å²) in [5, 5.41) is 2.32. The number of nitrogens with one attached hydrogen (secondary N) is 3. The van der Waals surface area contributed by atoms with E-state index in [-0.39, 0.29) is 12.0 Å². The van der Waals surface area contributed by atoms with Crippen molar-refractivity contribution < 1.29 is 16.8 Å². The van der Waals surface area contributed by atoms with Crippen LogP contribution < -0.4 is 14.8 Å². The SMILES string of the molecule is CC(C)S(=O)(=O)NCCNc1ccc([C@@H]2CCC[C@@H]2NS(=O)(=O)C(C)C)cc1. The molecule has 7 nitrogen and oxygen atoms in total. The summed E-state index contributed by atoms with van der Waals surface area (Å²) in [6, 6.07) is 7.90. The van der Waals surface area contributed by atoms with Crippen molar-refractivity contribution in [3.63, 3.8) is 0 Å². The Morgan fingerprint density at radius 2 is 1.50 bits per heavy atom. The molecule has 1 aromatic carbocycles. The van der Waals surface area contributed by atoms with Crippen LogP contribution in [-0.2, 0) is 20.0 Å². The minimum atomic E-state index is -3.28. The molecule has 0 unspecified atom stereocenters. The lowest BCUT2D eigenvalue weighted by Gasteiger charge is -2.23. The zero-order valence-electron chi connectivity index (χ0n) is 17.1. The molecular formula is C19H33N3O4S2. The second kappa shape index (κ2) is 9.56. The first-order chi connectivity index (χ1) is 13.0. The van der Waals surface area contributed by atoms with Gasteiger partial charge in [0.2, 0.25) is 20.0 Å². The molecule has 2 atom stereocenters. The monoisotopic (exact) mass is 431 g/mol. The molecule has 28 heavy (non-hydrogen) atoms. The minimum Gasteiger partial charge on any atom is -0.384 e. The van der Waals surface area contributed by atoms with Gasteiger partial charge in [-0.25, -0.2) is 26.3 Å². The van der Waals surface area contributed by atoms with E-state index in [4.69, 9.17) is 0 Å². The van der Waals surface area contributed by atoms with Crippen LogP contribution in [-0.4, -0.2) is 46.5 Å². The van der Waals surface area contributed by atoms with Gasteiger partial charge in [0.15, 0.2) is 0 Å². The summed E-state index contributed by atoms with van der Waals surface area (Å²) in [4.78, 5) is 0. The van der Waals surface area contributed by atoms with Gasteiger partial charge in [-0.2, -0.15) is 0 Å². The molecule has 160 valence electrons. The lowest BCUT2D eigenvalue weighted by molar-refractivity contribution is 0.519. The van der Waals surface area contributed by atoms with Crippen molar-refractivity contribution >= 4 is 25.7 Å². The lowest BCUT2D eigenvalue weighted by Crippen LogP contribution is -2.40. The maximum absolute atomic E-state index is 12.2. The number of hydrogen-bond acceptors (Lipinski definition) is 5. The van der Waals surface area contributed by atoms with Crippen LogP contribution in [0.25, 0.3) is 0 Å². The fourth-order valence-corrected chi connectivity index (χ4v) is 4.96. The lowest BCUT2D eigenvalue weighted by atomic mass is 9.94. The summed E-state index contributed by atoms with van der Waals surface area (Å²) in [7, 11) is -6.53. The molecule has 9 heteroatoms. The second-order valence-electron chi connectivity index (χ2n) is 7.89. The predicted molar refractivity (Wildman–Crippen MR) is 115 cm³/mol. The molecular weight excluding hydrogens is 398 g/mol. The summed E-state index contributed by atoms with van der Waals surface area (Å²) in [5.41, 5.74) is 2.03. The van der Waals surface area contributed by atoms with E-state index in [0.717, 1.165) is 30.5 Å². The zero-order valence-corrected chi connectivity index (χ0v) is 18.7. The smallest absolute Gasteiger partial charge is 0.214 e. The first kappa shape index (κ1) is 23.1. The molecule has 0 aliphatic heterocycles. The van der Waals surface area contributed by atoms with Gasteiger partial charge in [-0.3, -0.25) is 0 Å². The molecule has 1 aliphatic rings. The van der Waals surface area contributed by atoms with E-state index in [0.29, 0.717) is 13.1 Å². The summed E-state index contributed by atoms with van der Waals surface area (Å²) >= 11 is 0. The van der Waals surface area contributed by atoms with Crippen LogP contribution in [0.5, 0.6) is 0 Å². The Bertz CT molecular complexity index is 834. The number of hydrogen-bond donors (Lipinski definition) is 3. The van der Waals surface area contributed by atoms with Gasteiger partial charge in [-0.1, -0.05) is 18.6 Å². The van der Waals surface area contributed by atoms with Crippen LogP contribution in [0.2, 0.25) is 0 Å². The third-order valence-electron chi connectivity index (χ3n) is 5.17. The Morgan fingerprint density at radius 1 is 0.893 bits per heavy atom. The van der Waals surface area contributed by atoms with Crippen LogP contribution in [0, 0.1) is 0 Å². The van der Waals surface area contributed by atoms with Crippen LogP contribution in [0.4, 0.5) is 5.69 Å². The first-order valence-corrected chi connectivity index (χ1v) is 13.0. The van der Waals surface area contributed by atoms with E-state index >= 15 is 0 Å². The third-order valence-corrected chi connectivity index (χ3v) is 8.89. The molecule has 0 saturated heterocycles. The zero-order chi connectivity index (χ0) is 20.9. The van der Waals surface area contributed by atoms with Crippen molar-refractivity contribution in [3.8, 4) is 0 Å². The van der Waals surface area contributed by atoms with Crippen LogP contribution in [0.1, 0.15) is 58.4 Å². The molecule has 1 saturated carbocycles. The number of sulfonamides is 2. The molecule has 2 rings (SSSR count). The van der Waals surface area contributed by atoms with E-state index in [2.05, 4.69) is 14.8 Å². The highest BCUT2D eigenvalue weighted by molar-refractivity contribution is 7.90. The topological polar surface area (TPSA) is 104 Å². The van der Waals surface area contributed by atoms with Crippen LogP contribution in [0.3, 0.4) is 0 Å². The quantitative estimate of drug-likeness (QED) is 0.494. The van der Waals surface area contributed by atoms with Gasteiger partial charge in [0.25, 0.3) is 0 Å². The summed E-state index contributed by atoms with van der Waals surface area (Å²) in [6.07, 6.45) is 2.83. The fraction of sp³-hybridized carbons (Fsp3) is 0.684. The van der Waals surface area contributed by atoms with Gasteiger partial charge in [-0.05, 0) is 58.2 Å². The van der Waals surface area contributed by atoms with Crippen LogP contribution in [0.15, 0.2) is 24.3 Å². The Labute approximate surface area is 169 Å². The minimum absolute atomic E-state index is 0.0587. The van der Waals surface area contributed by atoms with E-state index in [1.807, 2.05) is 24.3 Å². The predicted octanol–water partition coefficient (Wildman–Crippen LogP) is 2.39. The van der Waals surface area contributed by atoms with E-state index in [9.17, 15) is 16.8 Å².